The average molecular weight is 506 g/mol. The number of carbonyl (C=O) groups is 1. The number of carbonyl (C=O) groups excluding carboxylic acids is 1. The first kappa shape index (κ1) is 23.9. The van der Waals surface area contributed by atoms with Gasteiger partial charge in [0, 0.05) is 29.6 Å². The number of aryl methyl sites for hydroxylation is 2. The fourth-order valence-corrected chi connectivity index (χ4v) is 5.51. The highest BCUT2D eigenvalue weighted by molar-refractivity contribution is 6.10. The molecule has 3 aromatic carbocycles. The van der Waals surface area contributed by atoms with Crippen LogP contribution in [0, 0.1) is 0 Å². The summed E-state index contributed by atoms with van der Waals surface area (Å²) in [4.78, 5) is 14.0. The van der Waals surface area contributed by atoms with Crippen LogP contribution in [0.1, 0.15) is 35.8 Å². The number of hydrogen-bond donors (Lipinski definition) is 1. The molecule has 6 nitrogen and oxygen atoms in total. The summed E-state index contributed by atoms with van der Waals surface area (Å²) in [5, 5.41) is 3.14. The van der Waals surface area contributed by atoms with Crippen molar-refractivity contribution >= 4 is 17.2 Å². The third-order valence-electron chi connectivity index (χ3n) is 7.22. The molecule has 1 amide bonds. The van der Waals surface area contributed by atoms with Crippen molar-refractivity contribution in [2.45, 2.75) is 32.7 Å². The van der Waals surface area contributed by atoms with E-state index < -0.39 is 0 Å². The number of nitrogens with zero attached hydrogens (tertiary/aromatic N) is 2. The molecule has 3 heterocycles. The maximum Gasteiger partial charge on any atom is 0.273 e. The van der Waals surface area contributed by atoms with E-state index in [0.29, 0.717) is 12.3 Å². The van der Waals surface area contributed by atoms with Crippen LogP contribution in [0.3, 0.4) is 0 Å². The molecule has 0 bridgehead atoms. The quantitative estimate of drug-likeness (QED) is 0.257. The van der Waals surface area contributed by atoms with Crippen LogP contribution in [0.2, 0.25) is 0 Å². The largest absolute Gasteiger partial charge is 0.497 e. The predicted molar refractivity (Wildman–Crippen MR) is 151 cm³/mol. The van der Waals surface area contributed by atoms with Gasteiger partial charge < -0.3 is 19.4 Å². The minimum atomic E-state index is -0.126. The second-order valence-corrected chi connectivity index (χ2v) is 9.52. The van der Waals surface area contributed by atoms with Crippen molar-refractivity contribution in [1.82, 2.24) is 8.97 Å². The Bertz CT molecular complexity index is 1580. The summed E-state index contributed by atoms with van der Waals surface area (Å²) in [6.07, 6.45) is 5.17. The predicted octanol–water partition coefficient (Wildman–Crippen LogP) is 7.07. The number of nitrogens with one attached hydrogen (secondary N) is 1. The molecule has 38 heavy (non-hydrogen) atoms. The molecule has 0 saturated carbocycles. The van der Waals surface area contributed by atoms with Gasteiger partial charge in [0.1, 0.15) is 22.8 Å². The number of amides is 1. The normalized spacial score (nSPS) is 12.8. The Labute approximate surface area is 222 Å². The van der Waals surface area contributed by atoms with E-state index in [2.05, 4.69) is 32.6 Å². The van der Waals surface area contributed by atoms with E-state index in [1.54, 1.807) is 7.11 Å². The number of aromatic nitrogens is 2. The van der Waals surface area contributed by atoms with Crippen molar-refractivity contribution in [2.24, 2.45) is 0 Å². The Kier molecular flexibility index (Phi) is 6.38. The molecule has 1 aliphatic heterocycles. The van der Waals surface area contributed by atoms with Crippen LogP contribution in [0.5, 0.6) is 11.5 Å². The van der Waals surface area contributed by atoms with E-state index in [0.717, 1.165) is 71.0 Å². The fourth-order valence-electron chi connectivity index (χ4n) is 5.51. The second kappa shape index (κ2) is 10.1. The summed E-state index contributed by atoms with van der Waals surface area (Å²) in [6.45, 7) is 3.52. The van der Waals surface area contributed by atoms with E-state index in [-0.39, 0.29) is 5.91 Å². The minimum absolute atomic E-state index is 0.126. The van der Waals surface area contributed by atoms with Crippen LogP contribution in [0.4, 0.5) is 5.69 Å². The van der Waals surface area contributed by atoms with Gasteiger partial charge >= 0.3 is 0 Å². The summed E-state index contributed by atoms with van der Waals surface area (Å²) >= 11 is 0. The number of ether oxygens (including phenoxy) is 2. The zero-order valence-corrected chi connectivity index (χ0v) is 21.7. The molecule has 0 fully saturated rings. The molecule has 0 spiro atoms. The molecule has 2 aromatic heterocycles. The van der Waals surface area contributed by atoms with Gasteiger partial charge in [-0.1, -0.05) is 30.3 Å². The van der Waals surface area contributed by atoms with Crippen molar-refractivity contribution < 1.29 is 14.3 Å². The first-order valence-corrected chi connectivity index (χ1v) is 13.2. The molecule has 0 aliphatic carbocycles. The van der Waals surface area contributed by atoms with Crippen LogP contribution in [0.25, 0.3) is 28.0 Å². The summed E-state index contributed by atoms with van der Waals surface area (Å²) in [5.41, 5.74) is 7.93. The number of benzene rings is 3. The topological polar surface area (TPSA) is 56.9 Å². The highest BCUT2D eigenvalue weighted by Gasteiger charge is 2.29. The molecule has 6 rings (SSSR count). The first-order chi connectivity index (χ1) is 18.7. The molecular formula is C32H31N3O3. The van der Waals surface area contributed by atoms with Crippen LogP contribution in [0.15, 0.2) is 85.1 Å². The maximum absolute atomic E-state index is 14.0. The molecule has 0 saturated heterocycles. The molecule has 6 heteroatoms. The lowest BCUT2D eigenvalue weighted by molar-refractivity contribution is 0.102. The molecule has 192 valence electrons. The standard InChI is InChI=1S/C32H31N3O3/c1-3-38-26-18-12-22(13-19-26)28-21-35-30(31(36)33-24-9-5-4-6-10-24)29(23-14-16-25(37-2)17-15-23)27-11-7-8-20-34(28)32(27)35/h4-6,9-10,12-19,21H,3,7-8,11,20H2,1-2H3,(H,33,36). The fraction of sp³-hybridized carbons (Fsp3) is 0.219. The number of methoxy groups -OCH3 is 1. The van der Waals surface area contributed by atoms with E-state index in [4.69, 9.17) is 9.47 Å². The SMILES string of the molecule is CCOc1ccc(-c2cn3c(C(=O)Nc4ccccc4)c(-c4ccc(OC)cc4)c4c3n2CCCC4)cc1. The molecule has 0 atom stereocenters. The first-order valence-electron chi connectivity index (χ1n) is 13.2. The van der Waals surface area contributed by atoms with Gasteiger partial charge in [-0.15, -0.1) is 0 Å². The Morgan fingerprint density at radius 2 is 1.61 bits per heavy atom. The molecule has 0 unspecified atom stereocenters. The van der Waals surface area contributed by atoms with E-state index in [1.165, 1.54) is 5.56 Å². The van der Waals surface area contributed by atoms with Crippen molar-refractivity contribution in [3.8, 4) is 33.9 Å². The molecule has 1 aliphatic rings. The van der Waals surface area contributed by atoms with Gasteiger partial charge in [-0.25, -0.2) is 0 Å². The van der Waals surface area contributed by atoms with Gasteiger partial charge in [0.25, 0.3) is 5.91 Å². The molecule has 5 aromatic rings. The summed E-state index contributed by atoms with van der Waals surface area (Å²) in [5.74, 6) is 1.52. The van der Waals surface area contributed by atoms with Crippen molar-refractivity contribution in [3.05, 3.63) is 96.3 Å². The maximum atomic E-state index is 14.0. The monoisotopic (exact) mass is 505 g/mol. The lowest BCUT2D eigenvalue weighted by Gasteiger charge is -2.11. The Hall–Kier alpha value is -4.45. The Morgan fingerprint density at radius 1 is 0.895 bits per heavy atom. The van der Waals surface area contributed by atoms with Crippen LogP contribution < -0.4 is 14.8 Å². The Balaban J connectivity index is 1.56. The zero-order chi connectivity index (χ0) is 26.1. The zero-order valence-electron chi connectivity index (χ0n) is 21.7. The van der Waals surface area contributed by atoms with Crippen LogP contribution >= 0.6 is 0 Å². The highest BCUT2D eigenvalue weighted by Crippen LogP contribution is 2.40. The van der Waals surface area contributed by atoms with Crippen molar-refractivity contribution in [1.29, 1.82) is 0 Å². The van der Waals surface area contributed by atoms with Gasteiger partial charge in [0.2, 0.25) is 0 Å². The second-order valence-electron chi connectivity index (χ2n) is 9.52. The highest BCUT2D eigenvalue weighted by atomic mass is 16.5. The lowest BCUT2D eigenvalue weighted by Crippen LogP contribution is -2.15. The minimum Gasteiger partial charge on any atom is -0.497 e. The van der Waals surface area contributed by atoms with E-state index in [1.807, 2.05) is 73.7 Å². The summed E-state index contributed by atoms with van der Waals surface area (Å²) < 4.78 is 15.5. The van der Waals surface area contributed by atoms with E-state index in [9.17, 15) is 4.79 Å². The lowest BCUT2D eigenvalue weighted by atomic mass is 9.97. The summed E-state index contributed by atoms with van der Waals surface area (Å²) in [6, 6.07) is 25.9. The summed E-state index contributed by atoms with van der Waals surface area (Å²) in [7, 11) is 1.67. The van der Waals surface area contributed by atoms with Crippen LogP contribution in [-0.2, 0) is 13.0 Å². The third-order valence-corrected chi connectivity index (χ3v) is 7.22. The Morgan fingerprint density at radius 3 is 2.32 bits per heavy atom. The number of para-hydroxylation sites is 1. The van der Waals surface area contributed by atoms with Gasteiger partial charge in [0.15, 0.2) is 0 Å². The van der Waals surface area contributed by atoms with E-state index >= 15 is 0 Å². The third kappa shape index (κ3) is 4.22. The number of rotatable bonds is 7. The molecule has 1 N–H and O–H groups in total. The van der Waals surface area contributed by atoms with Crippen LogP contribution in [-0.4, -0.2) is 28.6 Å². The number of imidazole rings is 1. The molecule has 0 radical (unpaired) electrons. The smallest absolute Gasteiger partial charge is 0.273 e. The van der Waals surface area contributed by atoms with Gasteiger partial charge in [-0.2, -0.15) is 0 Å². The number of anilines is 1. The van der Waals surface area contributed by atoms with Crippen molar-refractivity contribution in [2.75, 3.05) is 19.0 Å². The van der Waals surface area contributed by atoms with Gasteiger partial charge in [-0.3, -0.25) is 9.20 Å². The van der Waals surface area contributed by atoms with Gasteiger partial charge in [-0.05, 0) is 85.8 Å². The van der Waals surface area contributed by atoms with Gasteiger partial charge in [0.05, 0.1) is 19.4 Å². The average Bonchev–Trinajstić information content (AvgIpc) is 3.37. The number of hydrogen-bond acceptors (Lipinski definition) is 3. The van der Waals surface area contributed by atoms with Crippen molar-refractivity contribution in [3.63, 3.8) is 0 Å². The molecular weight excluding hydrogens is 474 g/mol.